The summed E-state index contributed by atoms with van der Waals surface area (Å²) in [5.41, 5.74) is 0.618. The number of halogens is 3. The molecule has 1 N–H and O–H groups in total. The highest BCUT2D eigenvalue weighted by Crippen LogP contribution is 2.32. The van der Waals surface area contributed by atoms with Gasteiger partial charge in [0.05, 0.1) is 11.7 Å². The van der Waals surface area contributed by atoms with Gasteiger partial charge in [-0.1, -0.05) is 13.8 Å². The van der Waals surface area contributed by atoms with Crippen molar-refractivity contribution in [1.82, 2.24) is 19.7 Å². The molecule has 1 aromatic carbocycles. The smallest absolute Gasteiger partial charge is 0.303 e. The molecule has 0 bridgehead atoms. The molecule has 2 aromatic heterocycles. The van der Waals surface area contributed by atoms with Crippen molar-refractivity contribution in [2.45, 2.75) is 32.4 Å². The molecule has 1 atom stereocenters. The lowest BCUT2D eigenvalue weighted by molar-refractivity contribution is -0.141. The maximum atomic E-state index is 13.0. The first-order valence-electron chi connectivity index (χ1n) is 7.00. The Hall–Kier alpha value is -2.31. The molecule has 0 unspecified atom stereocenters. The molecule has 0 radical (unpaired) electrons. The normalized spacial score (nSPS) is 13.7. The standard InChI is InChI=1S/C15H15F3N4/c1-3-9(2)14-20-13(15(16,17)18)8-22(14)11-4-5-12-10(6-11)7-19-21-12/h4-9H,3H2,1-2H3,(H,19,21)/t9-/m0/s1. The van der Waals surface area contributed by atoms with E-state index in [0.29, 0.717) is 17.9 Å². The third kappa shape index (κ3) is 2.47. The van der Waals surface area contributed by atoms with Crippen LogP contribution in [0.15, 0.2) is 30.6 Å². The van der Waals surface area contributed by atoms with E-state index in [4.69, 9.17) is 0 Å². The largest absolute Gasteiger partial charge is 0.434 e. The molecule has 0 saturated carbocycles. The molecule has 0 amide bonds. The summed E-state index contributed by atoms with van der Waals surface area (Å²) in [5.74, 6) is 0.341. The maximum Gasteiger partial charge on any atom is 0.434 e. The number of aromatic amines is 1. The Morgan fingerprint density at radius 2 is 2.09 bits per heavy atom. The van der Waals surface area contributed by atoms with Gasteiger partial charge in [-0.2, -0.15) is 18.3 Å². The summed E-state index contributed by atoms with van der Waals surface area (Å²) in [5, 5.41) is 7.59. The van der Waals surface area contributed by atoms with E-state index in [1.165, 1.54) is 4.57 Å². The second-order valence-corrected chi connectivity index (χ2v) is 5.30. The van der Waals surface area contributed by atoms with E-state index in [0.717, 1.165) is 17.1 Å². The van der Waals surface area contributed by atoms with Gasteiger partial charge < -0.3 is 4.57 Å². The van der Waals surface area contributed by atoms with Crippen LogP contribution in [0.4, 0.5) is 13.2 Å². The van der Waals surface area contributed by atoms with E-state index >= 15 is 0 Å². The van der Waals surface area contributed by atoms with Crippen molar-refractivity contribution in [2.24, 2.45) is 0 Å². The second kappa shape index (κ2) is 5.15. The Bertz CT molecular complexity index is 801. The molecule has 0 aliphatic carbocycles. The van der Waals surface area contributed by atoms with Crippen LogP contribution in [0, 0.1) is 0 Å². The van der Waals surface area contributed by atoms with Gasteiger partial charge in [-0.15, -0.1) is 0 Å². The van der Waals surface area contributed by atoms with Gasteiger partial charge >= 0.3 is 6.18 Å². The minimum atomic E-state index is -4.45. The molecule has 0 aliphatic rings. The number of nitrogens with one attached hydrogen (secondary N) is 1. The lowest BCUT2D eigenvalue weighted by Gasteiger charge is -2.12. The highest BCUT2D eigenvalue weighted by atomic mass is 19.4. The molecule has 0 saturated heterocycles. The molecule has 7 heteroatoms. The molecule has 0 aliphatic heterocycles. The van der Waals surface area contributed by atoms with Crippen LogP contribution < -0.4 is 0 Å². The van der Waals surface area contributed by atoms with Gasteiger partial charge in [0.15, 0.2) is 5.69 Å². The van der Waals surface area contributed by atoms with Crippen molar-refractivity contribution in [1.29, 1.82) is 0 Å². The molecule has 116 valence electrons. The minimum Gasteiger partial charge on any atom is -0.303 e. The Labute approximate surface area is 125 Å². The first-order chi connectivity index (χ1) is 10.4. The average Bonchev–Trinajstić information content (AvgIpc) is 3.11. The monoisotopic (exact) mass is 308 g/mol. The van der Waals surface area contributed by atoms with Gasteiger partial charge in [-0.05, 0) is 24.6 Å². The van der Waals surface area contributed by atoms with Crippen molar-refractivity contribution < 1.29 is 13.2 Å². The summed E-state index contributed by atoms with van der Waals surface area (Å²) in [6, 6.07) is 5.35. The zero-order valence-corrected chi connectivity index (χ0v) is 12.1. The van der Waals surface area contributed by atoms with E-state index < -0.39 is 11.9 Å². The summed E-state index contributed by atoms with van der Waals surface area (Å²) < 4.78 is 40.4. The molecule has 3 rings (SSSR count). The Kier molecular flexibility index (Phi) is 3.42. The first kappa shape index (κ1) is 14.6. The number of fused-ring (bicyclic) bond motifs is 1. The average molecular weight is 308 g/mol. The van der Waals surface area contributed by atoms with Crippen LogP contribution in [-0.2, 0) is 6.18 Å². The summed E-state index contributed by atoms with van der Waals surface area (Å²) in [4.78, 5) is 3.81. The lowest BCUT2D eigenvalue weighted by atomic mass is 10.1. The fourth-order valence-corrected chi connectivity index (χ4v) is 2.35. The van der Waals surface area contributed by atoms with E-state index in [2.05, 4.69) is 15.2 Å². The maximum absolute atomic E-state index is 13.0. The highest BCUT2D eigenvalue weighted by Gasteiger charge is 2.35. The van der Waals surface area contributed by atoms with Gasteiger partial charge in [0.25, 0.3) is 0 Å². The molecular weight excluding hydrogens is 293 g/mol. The van der Waals surface area contributed by atoms with Crippen molar-refractivity contribution in [2.75, 3.05) is 0 Å². The molecule has 0 spiro atoms. The van der Waals surface area contributed by atoms with Crippen LogP contribution in [0.5, 0.6) is 0 Å². The molecule has 3 aromatic rings. The first-order valence-corrected chi connectivity index (χ1v) is 7.00. The van der Waals surface area contributed by atoms with E-state index in [-0.39, 0.29) is 5.92 Å². The van der Waals surface area contributed by atoms with Gasteiger partial charge in [0.1, 0.15) is 5.82 Å². The zero-order valence-electron chi connectivity index (χ0n) is 12.1. The van der Waals surface area contributed by atoms with E-state index in [1.807, 2.05) is 13.8 Å². The van der Waals surface area contributed by atoms with Crippen LogP contribution in [0.25, 0.3) is 16.6 Å². The predicted molar refractivity (Wildman–Crippen MR) is 76.9 cm³/mol. The van der Waals surface area contributed by atoms with Gasteiger partial charge in [-0.25, -0.2) is 4.98 Å². The fraction of sp³-hybridized carbons (Fsp3) is 0.333. The second-order valence-electron chi connectivity index (χ2n) is 5.30. The van der Waals surface area contributed by atoms with Crippen molar-refractivity contribution in [3.05, 3.63) is 42.1 Å². The number of rotatable bonds is 3. The van der Waals surface area contributed by atoms with Gasteiger partial charge in [-0.3, -0.25) is 5.10 Å². The van der Waals surface area contributed by atoms with Crippen LogP contribution in [-0.4, -0.2) is 19.7 Å². The SMILES string of the molecule is CC[C@H](C)c1nc(C(F)(F)F)cn1-c1ccc2[nH]ncc2c1. The number of nitrogens with zero attached hydrogens (tertiary/aromatic N) is 3. The summed E-state index contributed by atoms with van der Waals surface area (Å²) in [7, 11) is 0. The van der Waals surface area contributed by atoms with Gasteiger partial charge in [0, 0.05) is 23.2 Å². The Morgan fingerprint density at radius 3 is 2.77 bits per heavy atom. The molecule has 2 heterocycles. The lowest BCUT2D eigenvalue weighted by Crippen LogP contribution is -2.06. The number of hydrogen-bond donors (Lipinski definition) is 1. The third-order valence-electron chi connectivity index (χ3n) is 3.78. The predicted octanol–water partition coefficient (Wildman–Crippen LogP) is 4.28. The fourth-order valence-electron chi connectivity index (χ4n) is 2.35. The number of H-pyrrole nitrogens is 1. The van der Waals surface area contributed by atoms with E-state index in [1.54, 1.807) is 24.4 Å². The third-order valence-corrected chi connectivity index (χ3v) is 3.78. The van der Waals surface area contributed by atoms with Crippen LogP contribution in [0.1, 0.15) is 37.7 Å². The summed E-state index contributed by atoms with van der Waals surface area (Å²) in [6.45, 7) is 3.80. The number of aromatic nitrogens is 4. The highest BCUT2D eigenvalue weighted by molar-refractivity contribution is 5.80. The Morgan fingerprint density at radius 1 is 1.32 bits per heavy atom. The molecular formula is C15H15F3N4. The quantitative estimate of drug-likeness (QED) is 0.785. The van der Waals surface area contributed by atoms with Crippen molar-refractivity contribution in [3.63, 3.8) is 0 Å². The molecule has 22 heavy (non-hydrogen) atoms. The molecule has 4 nitrogen and oxygen atoms in total. The van der Waals surface area contributed by atoms with E-state index in [9.17, 15) is 13.2 Å². The number of benzene rings is 1. The summed E-state index contributed by atoms with van der Waals surface area (Å²) >= 11 is 0. The van der Waals surface area contributed by atoms with Crippen LogP contribution in [0.2, 0.25) is 0 Å². The minimum absolute atomic E-state index is 0.0730. The number of alkyl halides is 3. The van der Waals surface area contributed by atoms with Gasteiger partial charge in [0.2, 0.25) is 0 Å². The summed E-state index contributed by atoms with van der Waals surface area (Å²) in [6.07, 6.45) is -1.04. The van der Waals surface area contributed by atoms with Crippen molar-refractivity contribution in [3.8, 4) is 5.69 Å². The topological polar surface area (TPSA) is 46.5 Å². The van der Waals surface area contributed by atoms with Crippen molar-refractivity contribution >= 4 is 10.9 Å². The Balaban J connectivity index is 2.16. The zero-order chi connectivity index (χ0) is 15.9. The van der Waals surface area contributed by atoms with Crippen LogP contribution >= 0.6 is 0 Å². The number of imidazole rings is 1. The molecule has 0 fully saturated rings. The van der Waals surface area contributed by atoms with Crippen LogP contribution in [0.3, 0.4) is 0 Å². The number of hydrogen-bond acceptors (Lipinski definition) is 2.